The van der Waals surface area contributed by atoms with Crippen molar-refractivity contribution in [2.75, 3.05) is 38.0 Å². The number of anilines is 1. The highest BCUT2D eigenvalue weighted by molar-refractivity contribution is 5.92. The van der Waals surface area contributed by atoms with Crippen LogP contribution in [0.15, 0.2) is 48.5 Å². The van der Waals surface area contributed by atoms with E-state index in [1.807, 2.05) is 18.2 Å². The maximum Gasteiger partial charge on any atom is 0.586 e. The summed E-state index contributed by atoms with van der Waals surface area (Å²) in [6, 6.07) is 14.6. The molecule has 0 radical (unpaired) electrons. The molecule has 0 bridgehead atoms. The minimum Gasteiger partial charge on any atom is -0.395 e. The van der Waals surface area contributed by atoms with Crippen LogP contribution < -0.4 is 14.8 Å². The Labute approximate surface area is 168 Å². The van der Waals surface area contributed by atoms with Crippen LogP contribution in [0.3, 0.4) is 0 Å². The number of ether oxygens (including phenoxy) is 2. The number of alkyl halides is 2. The van der Waals surface area contributed by atoms with Crippen molar-refractivity contribution >= 4 is 11.6 Å². The predicted molar refractivity (Wildman–Crippen MR) is 104 cm³/mol. The van der Waals surface area contributed by atoms with Crippen LogP contribution in [0.1, 0.15) is 12.0 Å². The van der Waals surface area contributed by atoms with Gasteiger partial charge in [-0.3, -0.25) is 14.6 Å². The van der Waals surface area contributed by atoms with E-state index in [0.29, 0.717) is 5.69 Å². The molecule has 0 unspecified atom stereocenters. The average molecular weight is 403 g/mol. The van der Waals surface area contributed by atoms with Crippen molar-refractivity contribution in [3.05, 3.63) is 54.1 Å². The average Bonchev–Trinajstić information content (AvgIpc) is 2.82. The molecule has 2 aromatic carbocycles. The number of benzene rings is 2. The quantitative estimate of drug-likeness (QED) is 0.831. The molecule has 4 rings (SSSR count). The van der Waals surface area contributed by atoms with E-state index in [1.165, 1.54) is 23.8 Å². The van der Waals surface area contributed by atoms with Gasteiger partial charge in [0.1, 0.15) is 0 Å². The minimum atomic E-state index is -3.66. The van der Waals surface area contributed by atoms with E-state index in [2.05, 4.69) is 36.7 Å². The molecule has 1 fully saturated rings. The van der Waals surface area contributed by atoms with Gasteiger partial charge in [-0.25, -0.2) is 0 Å². The molecule has 0 aromatic heterocycles. The summed E-state index contributed by atoms with van der Waals surface area (Å²) in [5.74, 6) is -0.315. The molecule has 1 saturated heterocycles. The first-order valence-corrected chi connectivity index (χ1v) is 9.65. The lowest BCUT2D eigenvalue weighted by molar-refractivity contribution is -0.286. The second-order valence-corrected chi connectivity index (χ2v) is 7.27. The smallest absolute Gasteiger partial charge is 0.395 e. The normalized spacial score (nSPS) is 19.0. The summed E-state index contributed by atoms with van der Waals surface area (Å²) in [7, 11) is 0. The van der Waals surface area contributed by atoms with Gasteiger partial charge in [-0.05, 0) is 37.2 Å². The Bertz CT molecular complexity index is 864. The molecular formula is C21H23F2N3O3. The van der Waals surface area contributed by atoms with E-state index < -0.39 is 6.29 Å². The van der Waals surface area contributed by atoms with Crippen molar-refractivity contribution in [1.82, 2.24) is 9.80 Å². The number of hydrogen-bond donors (Lipinski definition) is 1. The lowest BCUT2D eigenvalue weighted by Crippen LogP contribution is -2.36. The molecule has 2 aliphatic rings. The third-order valence-corrected chi connectivity index (χ3v) is 4.98. The topological polar surface area (TPSA) is 54.0 Å². The fraction of sp³-hybridized carbons (Fsp3) is 0.381. The van der Waals surface area contributed by atoms with Gasteiger partial charge in [-0.1, -0.05) is 30.3 Å². The lowest BCUT2D eigenvalue weighted by atomic mass is 10.2. The van der Waals surface area contributed by atoms with Crippen molar-refractivity contribution in [3.63, 3.8) is 0 Å². The molecule has 8 heteroatoms. The Morgan fingerprint density at radius 2 is 1.69 bits per heavy atom. The van der Waals surface area contributed by atoms with Gasteiger partial charge in [0.25, 0.3) is 0 Å². The molecule has 0 saturated carbocycles. The summed E-state index contributed by atoms with van der Waals surface area (Å²) in [4.78, 5) is 16.9. The van der Waals surface area contributed by atoms with Crippen molar-refractivity contribution < 1.29 is 23.0 Å². The van der Waals surface area contributed by atoms with Crippen LogP contribution in [0, 0.1) is 0 Å². The highest BCUT2D eigenvalue weighted by atomic mass is 19.3. The van der Waals surface area contributed by atoms with Crippen LogP contribution in [-0.4, -0.2) is 54.7 Å². The van der Waals surface area contributed by atoms with Crippen LogP contribution in [0.5, 0.6) is 11.5 Å². The highest BCUT2D eigenvalue weighted by Gasteiger charge is 2.43. The van der Waals surface area contributed by atoms with Crippen molar-refractivity contribution in [2.24, 2.45) is 0 Å². The molecule has 1 N–H and O–H groups in total. The van der Waals surface area contributed by atoms with E-state index in [1.54, 1.807) is 0 Å². The summed E-state index contributed by atoms with van der Waals surface area (Å²) < 4.78 is 35.0. The van der Waals surface area contributed by atoms with Gasteiger partial charge in [-0.15, -0.1) is 8.78 Å². The minimum absolute atomic E-state index is 0.0426. The molecule has 29 heavy (non-hydrogen) atoms. The molecular weight excluding hydrogens is 380 g/mol. The fourth-order valence-electron chi connectivity index (χ4n) is 3.61. The Morgan fingerprint density at radius 3 is 2.52 bits per heavy atom. The molecule has 6 nitrogen and oxygen atoms in total. The van der Waals surface area contributed by atoms with Crippen LogP contribution in [0.4, 0.5) is 14.5 Å². The van der Waals surface area contributed by atoms with Gasteiger partial charge in [0.2, 0.25) is 5.91 Å². The maximum absolute atomic E-state index is 13.1. The van der Waals surface area contributed by atoms with Gasteiger partial charge in [0.15, 0.2) is 11.5 Å². The number of fused-ring (bicyclic) bond motifs is 1. The third-order valence-electron chi connectivity index (χ3n) is 4.98. The molecule has 2 aromatic rings. The fourth-order valence-corrected chi connectivity index (χ4v) is 3.61. The number of nitrogens with zero attached hydrogens (tertiary/aromatic N) is 2. The zero-order chi connectivity index (χ0) is 20.3. The van der Waals surface area contributed by atoms with Crippen LogP contribution in [0.2, 0.25) is 0 Å². The van der Waals surface area contributed by atoms with Crippen LogP contribution in [0.25, 0.3) is 0 Å². The Hall–Kier alpha value is -2.71. The van der Waals surface area contributed by atoms with Crippen LogP contribution >= 0.6 is 0 Å². The zero-order valence-electron chi connectivity index (χ0n) is 15.9. The number of amides is 1. The third kappa shape index (κ3) is 5.21. The zero-order valence-corrected chi connectivity index (χ0v) is 15.9. The maximum atomic E-state index is 13.1. The molecule has 0 atom stereocenters. The first-order chi connectivity index (χ1) is 14.0. The highest BCUT2D eigenvalue weighted by Crippen LogP contribution is 2.42. The number of halogens is 2. The first-order valence-electron chi connectivity index (χ1n) is 9.65. The molecule has 2 aliphatic heterocycles. The van der Waals surface area contributed by atoms with Crippen LogP contribution in [-0.2, 0) is 11.3 Å². The Kier molecular flexibility index (Phi) is 5.64. The molecule has 0 aliphatic carbocycles. The summed E-state index contributed by atoms with van der Waals surface area (Å²) in [5, 5.41) is 2.74. The van der Waals surface area contributed by atoms with E-state index in [4.69, 9.17) is 0 Å². The van der Waals surface area contributed by atoms with Gasteiger partial charge < -0.3 is 14.8 Å². The van der Waals surface area contributed by atoms with Gasteiger partial charge in [0.05, 0.1) is 6.54 Å². The Balaban J connectivity index is 1.27. The van der Waals surface area contributed by atoms with Gasteiger partial charge >= 0.3 is 6.29 Å². The molecule has 0 spiro atoms. The van der Waals surface area contributed by atoms with Crippen molar-refractivity contribution in [3.8, 4) is 11.5 Å². The van der Waals surface area contributed by atoms with E-state index >= 15 is 0 Å². The monoisotopic (exact) mass is 403 g/mol. The first kappa shape index (κ1) is 19.6. The lowest BCUT2D eigenvalue weighted by Gasteiger charge is -2.21. The Morgan fingerprint density at radius 1 is 0.966 bits per heavy atom. The summed E-state index contributed by atoms with van der Waals surface area (Å²) >= 11 is 0. The molecule has 2 heterocycles. The summed E-state index contributed by atoms with van der Waals surface area (Å²) in [5.41, 5.74) is 1.68. The van der Waals surface area contributed by atoms with Crippen molar-refractivity contribution in [1.29, 1.82) is 0 Å². The number of carbonyl (C=O) groups is 1. The van der Waals surface area contributed by atoms with Gasteiger partial charge in [0, 0.05) is 31.4 Å². The second-order valence-electron chi connectivity index (χ2n) is 7.27. The largest absolute Gasteiger partial charge is 0.586 e. The number of rotatable bonds is 5. The van der Waals surface area contributed by atoms with E-state index in [9.17, 15) is 13.6 Å². The van der Waals surface area contributed by atoms with Gasteiger partial charge in [-0.2, -0.15) is 0 Å². The second kappa shape index (κ2) is 8.34. The molecule has 154 valence electrons. The number of nitrogens with one attached hydrogen (secondary N) is 1. The van der Waals surface area contributed by atoms with E-state index in [0.717, 1.165) is 39.1 Å². The molecule has 1 amide bonds. The summed E-state index contributed by atoms with van der Waals surface area (Å²) in [6.45, 7) is 4.68. The standard InChI is InChI=1S/C21H23F2N3O3/c22-21(23)28-18-8-7-17(13-19(18)29-21)24-20(27)15-26-10-4-9-25(11-12-26)14-16-5-2-1-3-6-16/h1-3,5-8,13H,4,9-12,14-15H2,(H,24,27). The SMILES string of the molecule is O=C(CN1CCCN(Cc2ccccc2)CC1)Nc1ccc2c(c1)OC(F)(F)O2. The number of hydrogen-bond acceptors (Lipinski definition) is 5. The predicted octanol–water partition coefficient (Wildman–Crippen LogP) is 3.15. The van der Waals surface area contributed by atoms with E-state index in [-0.39, 0.29) is 24.0 Å². The number of carbonyl (C=O) groups excluding carboxylic acids is 1. The summed E-state index contributed by atoms with van der Waals surface area (Å²) in [6.07, 6.45) is -2.68. The van der Waals surface area contributed by atoms with Crippen molar-refractivity contribution in [2.45, 2.75) is 19.3 Å².